The first-order valence-corrected chi connectivity index (χ1v) is 9.65. The Morgan fingerprint density at radius 2 is 2.04 bits per heavy atom. The van der Waals surface area contributed by atoms with E-state index in [4.69, 9.17) is 4.74 Å². The quantitative estimate of drug-likeness (QED) is 0.793. The number of benzene rings is 1. The van der Waals surface area contributed by atoms with Crippen LogP contribution in [0.1, 0.15) is 42.5 Å². The number of nitrogens with zero attached hydrogens (tertiary/aromatic N) is 1. The van der Waals surface area contributed by atoms with Crippen LogP contribution in [-0.4, -0.2) is 43.5 Å². The molecule has 3 rings (SSSR count). The van der Waals surface area contributed by atoms with Crippen LogP contribution in [0.3, 0.4) is 0 Å². The maximum absolute atomic E-state index is 12.7. The van der Waals surface area contributed by atoms with Gasteiger partial charge in [-0.15, -0.1) is 11.3 Å². The van der Waals surface area contributed by atoms with Gasteiger partial charge in [-0.3, -0.25) is 9.59 Å². The summed E-state index contributed by atoms with van der Waals surface area (Å²) < 4.78 is 4.99. The third-order valence-electron chi connectivity index (χ3n) is 4.49. The molecule has 5 nitrogen and oxygen atoms in total. The molecule has 2 amide bonds. The predicted molar refractivity (Wildman–Crippen MR) is 103 cm³/mol. The van der Waals surface area contributed by atoms with Gasteiger partial charge in [0.15, 0.2) is 0 Å². The first-order chi connectivity index (χ1) is 12.6. The molecule has 1 aliphatic rings. The molecule has 1 N–H and O–H groups in total. The summed E-state index contributed by atoms with van der Waals surface area (Å²) in [6.07, 6.45) is 1.60. The van der Waals surface area contributed by atoms with Gasteiger partial charge in [-0.05, 0) is 43.5 Å². The molecule has 0 fully saturated rings. The second kappa shape index (κ2) is 8.47. The Hall–Kier alpha value is -2.18. The van der Waals surface area contributed by atoms with Crippen molar-refractivity contribution in [3.8, 4) is 0 Å². The lowest BCUT2D eigenvalue weighted by atomic mass is 10.1. The number of aryl methyl sites for hydroxylation is 1. The first kappa shape index (κ1) is 18.6. The molecule has 138 valence electrons. The van der Waals surface area contributed by atoms with Crippen molar-refractivity contribution >= 4 is 23.2 Å². The number of thiophene rings is 1. The van der Waals surface area contributed by atoms with E-state index in [2.05, 4.69) is 5.32 Å². The largest absolute Gasteiger partial charge is 0.385 e. The summed E-state index contributed by atoms with van der Waals surface area (Å²) in [4.78, 5) is 28.8. The molecule has 6 heteroatoms. The van der Waals surface area contributed by atoms with E-state index in [0.717, 1.165) is 28.8 Å². The number of fused-ring (bicyclic) bond motifs is 1. The number of amides is 2. The van der Waals surface area contributed by atoms with E-state index >= 15 is 0 Å². The summed E-state index contributed by atoms with van der Waals surface area (Å²) in [6.45, 7) is 4.50. The Balaban J connectivity index is 1.63. The number of carbonyl (C=O) groups is 2. The topological polar surface area (TPSA) is 58.6 Å². The maximum atomic E-state index is 12.7. The van der Waals surface area contributed by atoms with Crippen molar-refractivity contribution < 1.29 is 14.3 Å². The molecule has 0 atom stereocenters. The molecular weight excluding hydrogens is 348 g/mol. The van der Waals surface area contributed by atoms with Gasteiger partial charge in [-0.2, -0.15) is 0 Å². The van der Waals surface area contributed by atoms with Crippen LogP contribution in [0, 0.1) is 6.92 Å². The number of rotatable bonds is 6. The van der Waals surface area contributed by atoms with Gasteiger partial charge in [0.05, 0.1) is 4.88 Å². The lowest BCUT2D eigenvalue weighted by molar-refractivity contribution is 0.0736. The Kier molecular flexibility index (Phi) is 6.06. The zero-order chi connectivity index (χ0) is 18.5. The Labute approximate surface area is 158 Å². The second-order valence-corrected chi connectivity index (χ2v) is 7.64. The molecule has 0 radical (unpaired) electrons. The van der Waals surface area contributed by atoms with Gasteiger partial charge in [0, 0.05) is 43.8 Å². The van der Waals surface area contributed by atoms with E-state index in [-0.39, 0.29) is 11.8 Å². The molecule has 2 heterocycles. The Morgan fingerprint density at radius 1 is 1.27 bits per heavy atom. The zero-order valence-corrected chi connectivity index (χ0v) is 16.0. The summed E-state index contributed by atoms with van der Waals surface area (Å²) in [5.74, 6) is 0.00401. The summed E-state index contributed by atoms with van der Waals surface area (Å²) in [5.41, 5.74) is 2.94. The highest BCUT2D eigenvalue weighted by molar-refractivity contribution is 7.14. The standard InChI is InChI=1S/C20H24N2O3S/c1-14-4-6-15(7-5-14)20(24)22-10-8-17-16(13-22)12-18(26-17)19(23)21-9-3-11-25-2/h4-7,12H,3,8-11,13H2,1-2H3,(H,21,23). The van der Waals surface area contributed by atoms with Crippen LogP contribution in [0.15, 0.2) is 30.3 Å². The molecule has 1 aromatic carbocycles. The minimum atomic E-state index is -0.0445. The Morgan fingerprint density at radius 3 is 2.77 bits per heavy atom. The number of hydrogen-bond acceptors (Lipinski definition) is 4. The monoisotopic (exact) mass is 372 g/mol. The highest BCUT2D eigenvalue weighted by Crippen LogP contribution is 2.29. The van der Waals surface area contributed by atoms with Crippen molar-refractivity contribution in [2.75, 3.05) is 26.8 Å². The van der Waals surface area contributed by atoms with Crippen LogP contribution in [0.25, 0.3) is 0 Å². The number of carbonyl (C=O) groups excluding carboxylic acids is 2. The average Bonchev–Trinajstić information content (AvgIpc) is 3.08. The molecule has 26 heavy (non-hydrogen) atoms. The SMILES string of the molecule is COCCCNC(=O)c1cc2c(s1)CCN(C(=O)c1ccc(C)cc1)C2. The normalized spacial score (nSPS) is 13.4. The molecule has 0 spiro atoms. The fourth-order valence-corrected chi connectivity index (χ4v) is 4.08. The summed E-state index contributed by atoms with van der Waals surface area (Å²) in [5, 5.41) is 2.92. The van der Waals surface area contributed by atoms with Crippen molar-refractivity contribution in [2.45, 2.75) is 26.3 Å². The van der Waals surface area contributed by atoms with Crippen LogP contribution in [0.2, 0.25) is 0 Å². The second-order valence-electron chi connectivity index (χ2n) is 6.50. The molecule has 0 saturated carbocycles. The van der Waals surface area contributed by atoms with Crippen molar-refractivity contribution in [1.29, 1.82) is 0 Å². The third kappa shape index (κ3) is 4.31. The fourth-order valence-electron chi connectivity index (χ4n) is 3.00. The molecule has 0 aliphatic carbocycles. The van der Waals surface area contributed by atoms with E-state index in [1.807, 2.05) is 42.2 Å². The van der Waals surface area contributed by atoms with Crippen LogP contribution in [-0.2, 0) is 17.7 Å². The molecule has 0 unspecified atom stereocenters. The molecule has 1 aromatic heterocycles. The van der Waals surface area contributed by atoms with Crippen LogP contribution >= 0.6 is 11.3 Å². The third-order valence-corrected chi connectivity index (χ3v) is 5.72. The van der Waals surface area contributed by atoms with E-state index in [1.54, 1.807) is 7.11 Å². The van der Waals surface area contributed by atoms with Crippen molar-refractivity contribution in [3.05, 3.63) is 56.8 Å². The molecule has 2 aromatic rings. The number of ether oxygens (including phenoxy) is 1. The molecule has 0 bridgehead atoms. The molecule has 0 saturated heterocycles. The van der Waals surface area contributed by atoms with E-state index < -0.39 is 0 Å². The number of methoxy groups -OCH3 is 1. The van der Waals surface area contributed by atoms with E-state index in [9.17, 15) is 9.59 Å². The van der Waals surface area contributed by atoms with Gasteiger partial charge < -0.3 is 15.0 Å². The van der Waals surface area contributed by atoms with Gasteiger partial charge in [-0.1, -0.05) is 17.7 Å². The molecule has 1 aliphatic heterocycles. The first-order valence-electron chi connectivity index (χ1n) is 8.83. The lowest BCUT2D eigenvalue weighted by Gasteiger charge is -2.27. The lowest BCUT2D eigenvalue weighted by Crippen LogP contribution is -2.35. The molecular formula is C20H24N2O3S. The van der Waals surface area contributed by atoms with Gasteiger partial charge in [-0.25, -0.2) is 0 Å². The van der Waals surface area contributed by atoms with Gasteiger partial charge in [0.2, 0.25) is 0 Å². The van der Waals surface area contributed by atoms with Crippen LogP contribution < -0.4 is 5.32 Å². The average molecular weight is 372 g/mol. The van der Waals surface area contributed by atoms with Crippen LogP contribution in [0.4, 0.5) is 0 Å². The highest BCUT2D eigenvalue weighted by atomic mass is 32.1. The zero-order valence-electron chi connectivity index (χ0n) is 15.2. The predicted octanol–water partition coefficient (Wildman–Crippen LogP) is 3.02. The van der Waals surface area contributed by atoms with Crippen molar-refractivity contribution in [3.63, 3.8) is 0 Å². The number of hydrogen-bond donors (Lipinski definition) is 1. The highest BCUT2D eigenvalue weighted by Gasteiger charge is 2.25. The van der Waals surface area contributed by atoms with E-state index in [0.29, 0.717) is 31.8 Å². The van der Waals surface area contributed by atoms with Crippen molar-refractivity contribution in [1.82, 2.24) is 10.2 Å². The smallest absolute Gasteiger partial charge is 0.261 e. The number of nitrogens with one attached hydrogen (secondary N) is 1. The fraction of sp³-hybridized carbons (Fsp3) is 0.400. The summed E-state index contributed by atoms with van der Waals surface area (Å²) >= 11 is 1.54. The minimum absolute atomic E-state index is 0.0445. The van der Waals surface area contributed by atoms with Crippen LogP contribution in [0.5, 0.6) is 0 Å². The summed E-state index contributed by atoms with van der Waals surface area (Å²) in [7, 11) is 1.65. The van der Waals surface area contributed by atoms with Crippen molar-refractivity contribution in [2.24, 2.45) is 0 Å². The Bertz CT molecular complexity index is 783. The van der Waals surface area contributed by atoms with Gasteiger partial charge in [0.25, 0.3) is 11.8 Å². The minimum Gasteiger partial charge on any atom is -0.385 e. The maximum Gasteiger partial charge on any atom is 0.261 e. The summed E-state index contributed by atoms with van der Waals surface area (Å²) in [6, 6.07) is 9.60. The van der Waals surface area contributed by atoms with E-state index in [1.165, 1.54) is 16.2 Å². The van der Waals surface area contributed by atoms with Gasteiger partial charge >= 0.3 is 0 Å². The van der Waals surface area contributed by atoms with Gasteiger partial charge in [0.1, 0.15) is 0 Å².